The second-order valence-corrected chi connectivity index (χ2v) is 6.58. The molecule has 7 heteroatoms. The number of hydrogen-bond donors (Lipinski definition) is 2. The van der Waals surface area contributed by atoms with Gasteiger partial charge in [0.1, 0.15) is 5.82 Å². The molecule has 0 bridgehead atoms. The van der Waals surface area contributed by atoms with Gasteiger partial charge in [0.05, 0.1) is 4.90 Å². The third-order valence-electron chi connectivity index (χ3n) is 2.53. The maximum atomic E-state index is 12.1. The van der Waals surface area contributed by atoms with Crippen molar-refractivity contribution >= 4 is 37.5 Å². The van der Waals surface area contributed by atoms with Gasteiger partial charge in [0.25, 0.3) is 10.0 Å². The average molecular weight is 342 g/mol. The minimum Gasteiger partial charge on any atom is -0.398 e. The SMILES string of the molecule is Cc1ccc(S(=O)(=O)Nc2ccc(Br)cn2)cc1N. The van der Waals surface area contributed by atoms with E-state index in [9.17, 15) is 8.42 Å². The van der Waals surface area contributed by atoms with Crippen LogP contribution in [0.4, 0.5) is 11.5 Å². The van der Waals surface area contributed by atoms with Crippen LogP contribution in [0.1, 0.15) is 5.56 Å². The van der Waals surface area contributed by atoms with E-state index in [0.29, 0.717) is 5.69 Å². The topological polar surface area (TPSA) is 85.1 Å². The van der Waals surface area contributed by atoms with Crippen molar-refractivity contribution in [2.24, 2.45) is 0 Å². The lowest BCUT2D eigenvalue weighted by molar-refractivity contribution is 0.601. The summed E-state index contributed by atoms with van der Waals surface area (Å²) < 4.78 is 27.4. The molecule has 19 heavy (non-hydrogen) atoms. The molecule has 1 heterocycles. The number of rotatable bonds is 3. The number of nitrogen functional groups attached to an aromatic ring is 1. The Morgan fingerprint density at radius 3 is 2.58 bits per heavy atom. The van der Waals surface area contributed by atoms with E-state index in [1.165, 1.54) is 18.3 Å². The zero-order valence-electron chi connectivity index (χ0n) is 10.1. The second kappa shape index (κ2) is 5.18. The Labute approximate surface area is 120 Å². The minimum absolute atomic E-state index is 0.111. The molecule has 3 N–H and O–H groups in total. The van der Waals surface area contributed by atoms with Gasteiger partial charge in [-0.3, -0.25) is 4.72 Å². The molecule has 0 saturated carbocycles. The van der Waals surface area contributed by atoms with Crippen LogP contribution in [0.5, 0.6) is 0 Å². The lowest BCUT2D eigenvalue weighted by atomic mass is 10.2. The quantitative estimate of drug-likeness (QED) is 0.840. The molecule has 2 rings (SSSR count). The Kier molecular flexibility index (Phi) is 3.77. The number of nitrogens with zero attached hydrogens (tertiary/aromatic N) is 1. The first-order chi connectivity index (χ1) is 8.88. The lowest BCUT2D eigenvalue weighted by Crippen LogP contribution is -2.14. The Balaban J connectivity index is 2.32. The number of halogens is 1. The van der Waals surface area contributed by atoms with Crippen LogP contribution < -0.4 is 10.5 Å². The third kappa shape index (κ3) is 3.24. The monoisotopic (exact) mass is 341 g/mol. The number of benzene rings is 1. The Morgan fingerprint density at radius 2 is 2.00 bits per heavy atom. The molecular weight excluding hydrogens is 330 g/mol. The standard InChI is InChI=1S/C12H12BrN3O2S/c1-8-2-4-10(6-11(8)14)19(17,18)16-12-5-3-9(13)7-15-12/h2-7H,14H2,1H3,(H,15,16). The first-order valence-corrected chi connectivity index (χ1v) is 7.66. The fourth-order valence-electron chi connectivity index (χ4n) is 1.42. The zero-order valence-corrected chi connectivity index (χ0v) is 12.5. The van der Waals surface area contributed by atoms with Gasteiger partial charge in [-0.25, -0.2) is 13.4 Å². The van der Waals surface area contributed by atoms with Gasteiger partial charge in [-0.1, -0.05) is 6.07 Å². The molecule has 1 aromatic carbocycles. The van der Waals surface area contributed by atoms with E-state index in [1.807, 2.05) is 6.92 Å². The molecule has 0 aliphatic heterocycles. The zero-order chi connectivity index (χ0) is 14.0. The van der Waals surface area contributed by atoms with Gasteiger partial charge in [-0.15, -0.1) is 0 Å². The van der Waals surface area contributed by atoms with Crippen LogP contribution in [-0.4, -0.2) is 13.4 Å². The summed E-state index contributed by atoms with van der Waals surface area (Å²) in [4.78, 5) is 4.07. The highest BCUT2D eigenvalue weighted by atomic mass is 79.9. The van der Waals surface area contributed by atoms with Gasteiger partial charge in [-0.05, 0) is 52.7 Å². The van der Waals surface area contributed by atoms with Crippen molar-refractivity contribution in [3.8, 4) is 0 Å². The number of aromatic nitrogens is 1. The van der Waals surface area contributed by atoms with E-state index < -0.39 is 10.0 Å². The Hall–Kier alpha value is -1.60. The Bertz CT molecular complexity index is 699. The molecule has 0 spiro atoms. The van der Waals surface area contributed by atoms with Gasteiger partial charge in [-0.2, -0.15) is 0 Å². The molecule has 0 unspecified atom stereocenters. The van der Waals surface area contributed by atoms with Crippen molar-refractivity contribution in [3.63, 3.8) is 0 Å². The van der Waals surface area contributed by atoms with E-state index in [1.54, 1.807) is 18.2 Å². The van der Waals surface area contributed by atoms with Crippen molar-refractivity contribution in [1.29, 1.82) is 0 Å². The van der Waals surface area contributed by atoms with Crippen LogP contribution in [-0.2, 0) is 10.0 Å². The predicted molar refractivity (Wildman–Crippen MR) is 78.3 cm³/mol. The molecule has 5 nitrogen and oxygen atoms in total. The molecule has 1 aromatic heterocycles. The highest BCUT2D eigenvalue weighted by Gasteiger charge is 2.15. The van der Waals surface area contributed by atoms with E-state index in [0.717, 1.165) is 10.0 Å². The van der Waals surface area contributed by atoms with Crippen molar-refractivity contribution in [2.75, 3.05) is 10.5 Å². The fourth-order valence-corrected chi connectivity index (χ4v) is 2.70. The number of aryl methyl sites for hydroxylation is 1. The van der Waals surface area contributed by atoms with Gasteiger partial charge >= 0.3 is 0 Å². The number of pyridine rings is 1. The van der Waals surface area contributed by atoms with Gasteiger partial charge in [0.15, 0.2) is 0 Å². The molecule has 0 fully saturated rings. The largest absolute Gasteiger partial charge is 0.398 e. The molecule has 0 radical (unpaired) electrons. The molecule has 0 saturated heterocycles. The maximum absolute atomic E-state index is 12.1. The summed E-state index contributed by atoms with van der Waals surface area (Å²) in [5, 5.41) is 0. The van der Waals surface area contributed by atoms with Crippen LogP contribution in [0.2, 0.25) is 0 Å². The summed E-state index contributed by atoms with van der Waals surface area (Å²) in [6, 6.07) is 7.87. The first-order valence-electron chi connectivity index (χ1n) is 5.39. The molecule has 0 aliphatic rings. The molecule has 100 valence electrons. The van der Waals surface area contributed by atoms with Gasteiger partial charge in [0.2, 0.25) is 0 Å². The van der Waals surface area contributed by atoms with Crippen molar-refractivity contribution in [3.05, 3.63) is 46.6 Å². The average Bonchev–Trinajstić information content (AvgIpc) is 2.35. The molecule has 2 aromatic rings. The van der Waals surface area contributed by atoms with E-state index in [-0.39, 0.29) is 10.7 Å². The number of anilines is 2. The van der Waals surface area contributed by atoms with Crippen molar-refractivity contribution in [1.82, 2.24) is 4.98 Å². The van der Waals surface area contributed by atoms with E-state index in [2.05, 4.69) is 25.6 Å². The number of hydrogen-bond acceptors (Lipinski definition) is 4. The van der Waals surface area contributed by atoms with Crippen LogP contribution in [0, 0.1) is 6.92 Å². The molecule has 0 amide bonds. The smallest absolute Gasteiger partial charge is 0.263 e. The number of nitrogens with two attached hydrogens (primary N) is 1. The van der Waals surface area contributed by atoms with Gasteiger partial charge in [0, 0.05) is 16.4 Å². The highest BCUT2D eigenvalue weighted by Crippen LogP contribution is 2.20. The van der Waals surface area contributed by atoms with Gasteiger partial charge < -0.3 is 5.73 Å². The van der Waals surface area contributed by atoms with Crippen LogP contribution in [0.25, 0.3) is 0 Å². The summed E-state index contributed by atoms with van der Waals surface area (Å²) in [6.45, 7) is 1.81. The summed E-state index contributed by atoms with van der Waals surface area (Å²) >= 11 is 3.23. The minimum atomic E-state index is -3.67. The summed E-state index contributed by atoms with van der Waals surface area (Å²) in [7, 11) is -3.67. The van der Waals surface area contributed by atoms with Crippen LogP contribution in [0.15, 0.2) is 45.9 Å². The summed E-state index contributed by atoms with van der Waals surface area (Å²) in [6.07, 6.45) is 1.52. The summed E-state index contributed by atoms with van der Waals surface area (Å²) in [5.41, 5.74) is 6.99. The van der Waals surface area contributed by atoms with E-state index >= 15 is 0 Å². The van der Waals surface area contributed by atoms with Crippen LogP contribution in [0.3, 0.4) is 0 Å². The van der Waals surface area contributed by atoms with Crippen molar-refractivity contribution in [2.45, 2.75) is 11.8 Å². The lowest BCUT2D eigenvalue weighted by Gasteiger charge is -2.08. The van der Waals surface area contributed by atoms with Crippen LogP contribution >= 0.6 is 15.9 Å². The fraction of sp³-hybridized carbons (Fsp3) is 0.0833. The van der Waals surface area contributed by atoms with E-state index in [4.69, 9.17) is 5.73 Å². The number of sulfonamides is 1. The highest BCUT2D eigenvalue weighted by molar-refractivity contribution is 9.10. The second-order valence-electron chi connectivity index (χ2n) is 3.99. The molecule has 0 atom stereocenters. The predicted octanol–water partition coefficient (Wildman–Crippen LogP) is 2.54. The van der Waals surface area contributed by atoms with Crippen molar-refractivity contribution < 1.29 is 8.42 Å². The molecular formula is C12H12BrN3O2S. The Morgan fingerprint density at radius 1 is 1.26 bits per heavy atom. The maximum Gasteiger partial charge on any atom is 0.263 e. The third-order valence-corrected chi connectivity index (χ3v) is 4.35. The molecule has 0 aliphatic carbocycles. The summed E-state index contributed by atoms with van der Waals surface area (Å²) in [5.74, 6) is 0.252. The normalized spacial score (nSPS) is 11.3. The first kappa shape index (κ1) is 13.8. The number of nitrogens with one attached hydrogen (secondary N) is 1.